The van der Waals surface area contributed by atoms with E-state index in [1.807, 2.05) is 6.92 Å². The highest BCUT2D eigenvalue weighted by Gasteiger charge is 2.06. The minimum Gasteiger partial charge on any atom is -0.450 e. The van der Waals surface area contributed by atoms with E-state index in [4.69, 9.17) is 18.0 Å². The fraction of sp³-hybridized carbons (Fsp3) is 0.714. The van der Waals surface area contributed by atoms with Crippen LogP contribution in [0.15, 0.2) is 0 Å². The number of thiocarbonyl (C=S) groups is 1. The summed E-state index contributed by atoms with van der Waals surface area (Å²) in [5.74, 6) is 0.00408. The van der Waals surface area contributed by atoms with E-state index in [0.29, 0.717) is 18.1 Å². The quantitative estimate of drug-likeness (QED) is 0.639. The number of nitrogens with one attached hydrogen (secondary N) is 1. The van der Waals surface area contributed by atoms with Crippen LogP contribution in [0, 0.1) is 5.92 Å². The monoisotopic (exact) mass is 190 g/mol. The van der Waals surface area contributed by atoms with Crippen molar-refractivity contribution >= 4 is 23.3 Å². The van der Waals surface area contributed by atoms with Gasteiger partial charge in [0.05, 0.1) is 11.6 Å². The van der Waals surface area contributed by atoms with Gasteiger partial charge in [0, 0.05) is 12.5 Å². The van der Waals surface area contributed by atoms with Crippen molar-refractivity contribution in [3.63, 3.8) is 0 Å². The normalized spacial score (nSPS) is 11.8. The highest BCUT2D eigenvalue weighted by atomic mass is 32.1. The molecule has 0 fully saturated rings. The molecule has 1 amide bonds. The third kappa shape index (κ3) is 4.90. The van der Waals surface area contributed by atoms with Crippen molar-refractivity contribution in [1.82, 2.24) is 5.32 Å². The largest absolute Gasteiger partial charge is 0.450 e. The third-order valence-corrected chi connectivity index (χ3v) is 1.72. The molecule has 4 nitrogen and oxygen atoms in total. The lowest BCUT2D eigenvalue weighted by Gasteiger charge is -2.10. The molecule has 5 heteroatoms. The second kappa shape index (κ2) is 5.77. The molecule has 0 aromatic heterocycles. The second-order valence-corrected chi connectivity index (χ2v) is 2.88. The van der Waals surface area contributed by atoms with Crippen LogP contribution in [0.1, 0.15) is 13.8 Å². The molecule has 0 heterocycles. The molecule has 0 aliphatic rings. The first-order valence-electron chi connectivity index (χ1n) is 3.77. The molecule has 12 heavy (non-hydrogen) atoms. The number of hydrogen-bond acceptors (Lipinski definition) is 3. The molecule has 3 N–H and O–H groups in total. The van der Waals surface area contributed by atoms with Gasteiger partial charge < -0.3 is 15.8 Å². The summed E-state index contributed by atoms with van der Waals surface area (Å²) in [6, 6.07) is 0. The number of ether oxygens (including phenoxy) is 1. The Hall–Kier alpha value is -0.840. The Morgan fingerprint density at radius 1 is 1.75 bits per heavy atom. The summed E-state index contributed by atoms with van der Waals surface area (Å²) in [6.45, 7) is 4.38. The average Bonchev–Trinajstić information content (AvgIpc) is 2.00. The van der Waals surface area contributed by atoms with Crippen molar-refractivity contribution in [2.24, 2.45) is 11.7 Å². The topological polar surface area (TPSA) is 64.3 Å². The Balaban J connectivity index is 3.54. The number of rotatable bonds is 4. The summed E-state index contributed by atoms with van der Waals surface area (Å²) < 4.78 is 4.64. The van der Waals surface area contributed by atoms with E-state index in [9.17, 15) is 4.79 Å². The smallest absolute Gasteiger partial charge is 0.407 e. The molecule has 0 aromatic carbocycles. The SMILES string of the molecule is CCOC(=O)NCC(C)C(N)=S. The van der Waals surface area contributed by atoms with Crippen molar-refractivity contribution in [3.05, 3.63) is 0 Å². The molecule has 0 aliphatic heterocycles. The first kappa shape index (κ1) is 11.2. The number of alkyl carbamates (subject to hydrolysis) is 1. The molecule has 70 valence electrons. The second-order valence-electron chi connectivity index (χ2n) is 2.40. The van der Waals surface area contributed by atoms with E-state index in [0.717, 1.165) is 0 Å². The molecular formula is C7H14N2O2S. The lowest BCUT2D eigenvalue weighted by Crippen LogP contribution is -2.33. The first-order valence-corrected chi connectivity index (χ1v) is 4.18. The number of amides is 1. The van der Waals surface area contributed by atoms with Crippen LogP contribution < -0.4 is 11.1 Å². The van der Waals surface area contributed by atoms with Gasteiger partial charge in [-0.1, -0.05) is 19.1 Å². The van der Waals surface area contributed by atoms with E-state index in [-0.39, 0.29) is 5.92 Å². The molecular weight excluding hydrogens is 176 g/mol. The van der Waals surface area contributed by atoms with E-state index in [1.165, 1.54) is 0 Å². The van der Waals surface area contributed by atoms with Crippen LogP contribution in [0.2, 0.25) is 0 Å². The minimum atomic E-state index is -0.430. The van der Waals surface area contributed by atoms with Gasteiger partial charge in [-0.2, -0.15) is 0 Å². The first-order chi connectivity index (χ1) is 5.57. The zero-order valence-electron chi connectivity index (χ0n) is 7.29. The lowest BCUT2D eigenvalue weighted by atomic mass is 10.2. The van der Waals surface area contributed by atoms with Crippen LogP contribution >= 0.6 is 12.2 Å². The maximum Gasteiger partial charge on any atom is 0.407 e. The van der Waals surface area contributed by atoms with Crippen LogP contribution in [0.25, 0.3) is 0 Å². The standard InChI is InChI=1S/C7H14N2O2S/c1-3-11-7(10)9-4-5(2)6(8)12/h5H,3-4H2,1-2H3,(H2,8,12)(H,9,10). The number of nitrogens with two attached hydrogens (primary N) is 1. The van der Waals surface area contributed by atoms with Crippen LogP contribution in [0.5, 0.6) is 0 Å². The zero-order chi connectivity index (χ0) is 9.56. The van der Waals surface area contributed by atoms with Gasteiger partial charge in [-0.05, 0) is 6.92 Å². The fourth-order valence-electron chi connectivity index (χ4n) is 0.519. The zero-order valence-corrected chi connectivity index (χ0v) is 8.11. The summed E-state index contributed by atoms with van der Waals surface area (Å²) in [5.41, 5.74) is 5.34. The molecule has 0 aromatic rings. The highest BCUT2D eigenvalue weighted by Crippen LogP contribution is 1.92. The molecule has 0 radical (unpaired) electrons. The maximum atomic E-state index is 10.8. The number of carbonyl (C=O) groups is 1. The van der Waals surface area contributed by atoms with Crippen molar-refractivity contribution in [2.75, 3.05) is 13.2 Å². The van der Waals surface area contributed by atoms with Gasteiger partial charge in [-0.15, -0.1) is 0 Å². The summed E-state index contributed by atoms with van der Waals surface area (Å²) in [5, 5.41) is 2.54. The van der Waals surface area contributed by atoms with Gasteiger partial charge in [-0.3, -0.25) is 0 Å². The van der Waals surface area contributed by atoms with Crippen molar-refractivity contribution in [3.8, 4) is 0 Å². The van der Waals surface area contributed by atoms with Gasteiger partial charge in [0.15, 0.2) is 0 Å². The summed E-state index contributed by atoms with van der Waals surface area (Å²) in [7, 11) is 0. The predicted molar refractivity (Wildman–Crippen MR) is 51.0 cm³/mol. The van der Waals surface area contributed by atoms with Crippen LogP contribution in [0.4, 0.5) is 4.79 Å². The number of hydrogen-bond donors (Lipinski definition) is 2. The van der Waals surface area contributed by atoms with E-state index in [1.54, 1.807) is 6.92 Å². The van der Waals surface area contributed by atoms with E-state index >= 15 is 0 Å². The van der Waals surface area contributed by atoms with Crippen LogP contribution in [-0.2, 0) is 4.74 Å². The third-order valence-electron chi connectivity index (χ3n) is 1.31. The predicted octanol–water partition coefficient (Wildman–Crippen LogP) is 0.655. The minimum absolute atomic E-state index is 0.00408. The van der Waals surface area contributed by atoms with Gasteiger partial charge in [0.1, 0.15) is 0 Å². The molecule has 0 spiro atoms. The molecule has 0 bridgehead atoms. The maximum absolute atomic E-state index is 10.8. The van der Waals surface area contributed by atoms with Gasteiger partial charge >= 0.3 is 6.09 Å². The van der Waals surface area contributed by atoms with E-state index < -0.39 is 6.09 Å². The summed E-state index contributed by atoms with van der Waals surface area (Å²) in [6.07, 6.45) is -0.430. The van der Waals surface area contributed by atoms with Gasteiger partial charge in [0.25, 0.3) is 0 Å². The molecule has 0 saturated carbocycles. The van der Waals surface area contributed by atoms with Gasteiger partial charge in [-0.25, -0.2) is 4.79 Å². The molecule has 1 atom stereocenters. The van der Waals surface area contributed by atoms with E-state index in [2.05, 4.69) is 10.1 Å². The molecule has 1 unspecified atom stereocenters. The van der Waals surface area contributed by atoms with Crippen molar-refractivity contribution < 1.29 is 9.53 Å². The Bertz CT molecular complexity index is 173. The average molecular weight is 190 g/mol. The number of carbonyl (C=O) groups excluding carboxylic acids is 1. The summed E-state index contributed by atoms with van der Waals surface area (Å²) in [4.78, 5) is 11.1. The molecule has 0 rings (SSSR count). The van der Waals surface area contributed by atoms with Crippen LogP contribution in [0.3, 0.4) is 0 Å². The Kier molecular flexibility index (Phi) is 5.36. The van der Waals surface area contributed by atoms with Crippen molar-refractivity contribution in [1.29, 1.82) is 0 Å². The Labute approximate surface area is 77.5 Å². The Morgan fingerprint density at radius 3 is 2.75 bits per heavy atom. The van der Waals surface area contributed by atoms with Crippen molar-refractivity contribution in [2.45, 2.75) is 13.8 Å². The fourth-order valence-corrected chi connectivity index (χ4v) is 0.602. The molecule has 0 saturated heterocycles. The highest BCUT2D eigenvalue weighted by molar-refractivity contribution is 7.80. The van der Waals surface area contributed by atoms with Gasteiger partial charge in [0.2, 0.25) is 0 Å². The summed E-state index contributed by atoms with van der Waals surface area (Å²) >= 11 is 4.72. The lowest BCUT2D eigenvalue weighted by molar-refractivity contribution is 0.151. The van der Waals surface area contributed by atoms with Crippen LogP contribution in [-0.4, -0.2) is 24.2 Å². The molecule has 0 aliphatic carbocycles. The Morgan fingerprint density at radius 2 is 2.33 bits per heavy atom.